The molecule has 33 nitrogen and oxygen atoms in total. The number of aliphatic carboxylic acids is 3. The van der Waals surface area contributed by atoms with E-state index in [2.05, 4.69) is 35.9 Å². The molecule has 0 radical (unpaired) electrons. The van der Waals surface area contributed by atoms with Gasteiger partial charge in [-0.25, -0.2) is 14.8 Å². The fraction of sp³-hybridized carbons (Fsp3) is 0.500. The molecule has 412 valence electrons. The highest BCUT2D eigenvalue weighted by Gasteiger charge is 2.42. The average Bonchev–Trinajstić information content (AvgIpc) is 3.38. The van der Waals surface area contributed by atoms with Gasteiger partial charge in [-0.05, 0) is 43.5 Å². The van der Waals surface area contributed by atoms with Crippen molar-refractivity contribution in [2.75, 3.05) is 31.3 Å². The summed E-state index contributed by atoms with van der Waals surface area (Å²) >= 11 is 0. The smallest absolute Gasteiger partial charge is 0.326 e. The van der Waals surface area contributed by atoms with E-state index in [0.29, 0.717) is 11.4 Å². The predicted octanol–water partition coefficient (Wildman–Crippen LogP) is -8.56. The summed E-state index contributed by atoms with van der Waals surface area (Å²) in [5, 5.41) is 125. The summed E-state index contributed by atoms with van der Waals surface area (Å²) in [6.07, 6.45) is -17.8. The number of likely N-dealkylation sites (N-methyl/N-ethyl adjacent to an activating group) is 1. The molecule has 0 unspecified atom stereocenters. The number of carboxylic acids is 3. The molecule has 3 rings (SSSR count). The normalized spacial score (nSPS) is 15.6. The summed E-state index contributed by atoms with van der Waals surface area (Å²) < 4.78 is 0. The third kappa shape index (κ3) is 18.4. The van der Waals surface area contributed by atoms with Crippen molar-refractivity contribution in [2.45, 2.75) is 112 Å². The topological polar surface area (TPSA) is 558 Å². The second-order valence-corrected chi connectivity index (χ2v) is 16.4. The molecule has 21 N–H and O–H groups in total. The molecule has 2 aromatic heterocycles. The molecule has 0 saturated heterocycles. The van der Waals surface area contributed by atoms with Gasteiger partial charge in [-0.15, -0.1) is 0 Å². The lowest BCUT2D eigenvalue weighted by molar-refractivity contribution is -0.144. The van der Waals surface area contributed by atoms with Gasteiger partial charge >= 0.3 is 17.9 Å². The van der Waals surface area contributed by atoms with Crippen LogP contribution in [0.3, 0.4) is 0 Å². The number of nitrogens with one attached hydrogen (secondary N) is 8. The largest absolute Gasteiger partial charge is 0.481 e. The van der Waals surface area contributed by atoms with Crippen molar-refractivity contribution in [3.8, 4) is 0 Å². The van der Waals surface area contributed by atoms with Crippen LogP contribution in [-0.4, -0.2) is 217 Å². The van der Waals surface area contributed by atoms with Crippen LogP contribution in [0.4, 0.5) is 11.6 Å². The summed E-state index contributed by atoms with van der Waals surface area (Å²) in [6, 6.07) is -5.07. The lowest BCUT2D eigenvalue weighted by atomic mass is 9.98. The van der Waals surface area contributed by atoms with Crippen molar-refractivity contribution in [1.29, 1.82) is 0 Å². The molecule has 75 heavy (non-hydrogen) atoms. The van der Waals surface area contributed by atoms with Gasteiger partial charge in [0.15, 0.2) is 11.2 Å². The van der Waals surface area contributed by atoms with Gasteiger partial charge in [-0.1, -0.05) is 0 Å². The number of nitrogens with two attached hydrogens (primary N) is 1. The van der Waals surface area contributed by atoms with Gasteiger partial charge in [0, 0.05) is 37.6 Å². The number of aliphatic hydroxyl groups excluding tert-OH is 8. The Morgan fingerprint density at radius 3 is 1.63 bits per heavy atom. The number of carboxylic acid groups (broad SMARTS) is 3. The highest BCUT2D eigenvalue weighted by atomic mass is 16.4. The van der Waals surface area contributed by atoms with E-state index in [4.69, 9.17) is 10.8 Å². The molecule has 33 heteroatoms. The van der Waals surface area contributed by atoms with E-state index in [1.807, 2.05) is 21.3 Å². The van der Waals surface area contributed by atoms with Gasteiger partial charge in [0.1, 0.15) is 66.8 Å². The van der Waals surface area contributed by atoms with Crippen LogP contribution in [0.1, 0.15) is 54.6 Å². The summed E-state index contributed by atoms with van der Waals surface area (Å²) in [5.74, 6) is -12.8. The van der Waals surface area contributed by atoms with Crippen LogP contribution >= 0.6 is 0 Å². The number of aromatic nitrogens is 4. The maximum atomic E-state index is 13.9. The summed E-state index contributed by atoms with van der Waals surface area (Å²) in [6.45, 7) is -2.40. The Labute approximate surface area is 422 Å². The first kappa shape index (κ1) is 61.3. The third-order valence-corrected chi connectivity index (χ3v) is 10.9. The number of hydrogen-bond donors (Lipinski definition) is 20. The van der Waals surface area contributed by atoms with Crippen molar-refractivity contribution in [3.05, 3.63) is 52.1 Å². The van der Waals surface area contributed by atoms with E-state index in [9.17, 15) is 99.0 Å². The van der Waals surface area contributed by atoms with E-state index in [-0.39, 0.29) is 29.2 Å². The number of anilines is 2. The van der Waals surface area contributed by atoms with E-state index < -0.39 is 177 Å². The highest BCUT2D eigenvalue weighted by molar-refractivity contribution is 5.98. The molecule has 0 saturated carbocycles. The van der Waals surface area contributed by atoms with E-state index in [0.717, 1.165) is 7.05 Å². The van der Waals surface area contributed by atoms with E-state index >= 15 is 0 Å². The number of hydrogen-bond acceptors (Lipinski definition) is 23. The number of nitrogens with zero attached hydrogens (tertiary/aromatic N) is 3. The number of carbonyl (C=O) groups is 9. The zero-order chi connectivity index (χ0) is 56.3. The minimum absolute atomic E-state index is 0.0231. The Balaban J connectivity index is 1.81. The lowest BCUT2D eigenvalue weighted by Crippen LogP contribution is -2.64. The molecule has 0 bridgehead atoms. The van der Waals surface area contributed by atoms with Crippen molar-refractivity contribution in [1.82, 2.24) is 51.8 Å². The fourth-order valence-electron chi connectivity index (χ4n) is 6.71. The predicted molar refractivity (Wildman–Crippen MR) is 250 cm³/mol. The van der Waals surface area contributed by atoms with Crippen LogP contribution in [0.25, 0.3) is 11.2 Å². The van der Waals surface area contributed by atoms with Crippen LogP contribution in [-0.2, 0) is 44.9 Å². The molecular formula is C42H58N12O21. The fourth-order valence-corrected chi connectivity index (χ4v) is 6.71. The molecule has 0 fully saturated rings. The van der Waals surface area contributed by atoms with Gasteiger partial charge in [0.05, 0.1) is 31.6 Å². The van der Waals surface area contributed by atoms with E-state index in [1.54, 1.807) is 0 Å². The van der Waals surface area contributed by atoms with Crippen LogP contribution < -0.4 is 48.5 Å². The maximum absolute atomic E-state index is 13.9. The van der Waals surface area contributed by atoms with Crippen molar-refractivity contribution < 1.29 is 99.3 Å². The summed E-state index contributed by atoms with van der Waals surface area (Å²) in [4.78, 5) is 142. The Morgan fingerprint density at radius 1 is 0.627 bits per heavy atom. The molecule has 2 heterocycles. The molecule has 0 aliphatic carbocycles. The molecule has 0 aliphatic rings. The zero-order valence-electron chi connectivity index (χ0n) is 39.5. The number of amides is 6. The van der Waals surface area contributed by atoms with E-state index in [1.165, 1.54) is 30.5 Å². The first-order valence-electron chi connectivity index (χ1n) is 22.4. The molecule has 3 aromatic rings. The minimum Gasteiger partial charge on any atom is -0.481 e. The van der Waals surface area contributed by atoms with Gasteiger partial charge < -0.3 is 99.1 Å². The van der Waals surface area contributed by atoms with Gasteiger partial charge in [-0.2, -0.15) is 4.98 Å². The van der Waals surface area contributed by atoms with Gasteiger partial charge in [0.2, 0.25) is 35.5 Å². The van der Waals surface area contributed by atoms with Crippen molar-refractivity contribution >= 4 is 76.2 Å². The number of rotatable bonds is 31. The van der Waals surface area contributed by atoms with Crippen LogP contribution in [0.15, 0.2) is 35.3 Å². The van der Waals surface area contributed by atoms with Crippen molar-refractivity contribution in [2.24, 2.45) is 0 Å². The van der Waals surface area contributed by atoms with Crippen molar-refractivity contribution in [3.63, 3.8) is 0 Å². The maximum Gasteiger partial charge on any atom is 0.326 e. The Bertz CT molecular complexity index is 2570. The first-order valence-corrected chi connectivity index (χ1v) is 22.4. The third-order valence-electron chi connectivity index (χ3n) is 10.9. The number of aliphatic hydroxyl groups is 8. The van der Waals surface area contributed by atoms with Crippen LogP contribution in [0.2, 0.25) is 0 Å². The first-order chi connectivity index (χ1) is 35.3. The van der Waals surface area contributed by atoms with Crippen LogP contribution in [0.5, 0.6) is 0 Å². The number of benzene rings is 1. The standard InChI is InChI=1S/C42H58N12O21/c1-44-36(69)19(7-10-25(60)61)48-39(72)28(33(67)31(65)23(58)15-56)52-37(70)20(8-11-26(62)63)49-38(71)27(32(66)30(64)22(57)14-55)51-24(59)9-6-21(41(74)75)50-35(68)16-2-4-17(5-3-16)45-12-18-13-46-34-29(47-18)40(73)54-42(43)53-34/h2-5,13,19-23,27-28,30-33,45,55-58,64-67H,6-12,14-15H2,1H3,(H,44,69)(H,48,72)(H,49,71)(H,50,68)(H,51,59)(H,52,70)(H,60,61)(H,62,63)(H,74,75)(H3,43,46,53,54,73)/t19-,20-,21-,22+,23+,27+,28+,30+,31+,32+,33+/m0/s1. The second-order valence-electron chi connectivity index (χ2n) is 16.4. The SMILES string of the molecule is CNC(=O)[C@H](CCC(=O)O)NC(=O)[C@H](NC(=O)[C@H](CCC(=O)O)NC(=O)[C@H](NC(=O)CC[C@H](NC(=O)c1ccc(NCc2cnc3nc(N)[nH]c(=O)c3n2)cc1)C(=O)O)[C@@H](O)[C@H](O)[C@H](O)CO)[C@@H](O)[C@H](O)[C@H](O)CO. The highest BCUT2D eigenvalue weighted by Crippen LogP contribution is 2.15. The minimum atomic E-state index is -2.59. The molecule has 11 atom stereocenters. The second kappa shape index (κ2) is 29.0. The number of fused-ring (bicyclic) bond motifs is 1. The monoisotopic (exact) mass is 1070 g/mol. The number of nitrogen functional groups attached to an aromatic ring is 1. The molecular weight excluding hydrogens is 1010 g/mol. The summed E-state index contributed by atoms with van der Waals surface area (Å²) in [5.41, 5.74) is 5.59. The molecule has 6 amide bonds. The molecule has 0 aliphatic heterocycles. The quantitative estimate of drug-likeness (QED) is 0.0284. The number of carbonyl (C=O) groups excluding carboxylic acids is 6. The Morgan fingerprint density at radius 2 is 1.13 bits per heavy atom. The van der Waals surface area contributed by atoms with Gasteiger partial charge in [0.25, 0.3) is 11.5 Å². The Hall–Kier alpha value is -8.05. The number of H-pyrrole nitrogens is 1. The lowest BCUT2D eigenvalue weighted by Gasteiger charge is -2.32. The zero-order valence-corrected chi connectivity index (χ0v) is 39.5. The van der Waals surface area contributed by atoms with Gasteiger partial charge in [-0.3, -0.25) is 48.1 Å². The van der Waals surface area contributed by atoms with Crippen LogP contribution in [0, 0.1) is 0 Å². The Kier molecular flexibility index (Phi) is 23.7. The average molecular weight is 1070 g/mol. The molecule has 0 spiro atoms. The number of aromatic amines is 1. The molecule has 1 aromatic carbocycles. The summed E-state index contributed by atoms with van der Waals surface area (Å²) in [7, 11) is 1.11.